The lowest BCUT2D eigenvalue weighted by molar-refractivity contribution is -0.385. The number of nitro benzene ring substituents is 1. The van der Waals surface area contributed by atoms with E-state index >= 15 is 0 Å². The maximum atomic E-state index is 10.8. The lowest BCUT2D eigenvalue weighted by Gasteiger charge is -2.00. The molecule has 0 saturated heterocycles. The third kappa shape index (κ3) is 2.16. The molecule has 0 bridgehead atoms. The van der Waals surface area contributed by atoms with Crippen molar-refractivity contribution in [2.45, 2.75) is 13.5 Å². The number of nitrogens with one attached hydrogen (secondary N) is 1. The summed E-state index contributed by atoms with van der Waals surface area (Å²) in [4.78, 5) is 17.2. The van der Waals surface area contributed by atoms with Gasteiger partial charge in [0.15, 0.2) is 0 Å². The van der Waals surface area contributed by atoms with Crippen molar-refractivity contribution in [3.63, 3.8) is 0 Å². The zero-order valence-electron chi connectivity index (χ0n) is 9.17. The monoisotopic (exact) mass is 233 g/mol. The highest BCUT2D eigenvalue weighted by Crippen LogP contribution is 2.25. The molecule has 1 heterocycles. The molecule has 0 spiro atoms. The number of H-pyrrole nitrogens is 1. The van der Waals surface area contributed by atoms with Crippen LogP contribution in [0.25, 0.3) is 11.3 Å². The van der Waals surface area contributed by atoms with Crippen molar-refractivity contribution in [2.24, 2.45) is 0 Å². The minimum atomic E-state index is -0.415. The van der Waals surface area contributed by atoms with E-state index in [-0.39, 0.29) is 12.3 Å². The molecule has 17 heavy (non-hydrogen) atoms. The highest BCUT2D eigenvalue weighted by molar-refractivity contribution is 5.63. The summed E-state index contributed by atoms with van der Waals surface area (Å²) in [5, 5.41) is 19.7. The van der Waals surface area contributed by atoms with Crippen LogP contribution < -0.4 is 0 Å². The Hall–Kier alpha value is -2.21. The Morgan fingerprint density at radius 1 is 1.53 bits per heavy atom. The summed E-state index contributed by atoms with van der Waals surface area (Å²) in [5.41, 5.74) is 2.01. The predicted octanol–water partition coefficient (Wildman–Crippen LogP) is 1.79. The second kappa shape index (κ2) is 4.34. The number of benzene rings is 1. The predicted molar refractivity (Wildman–Crippen MR) is 61.3 cm³/mol. The summed E-state index contributed by atoms with van der Waals surface area (Å²) >= 11 is 0. The standard InChI is InChI=1S/C11H11N3O3/c1-7-2-3-8(4-10(7)14(16)17)9-5-12-11(6-15)13-9/h2-5,15H,6H2,1H3,(H,12,13). The van der Waals surface area contributed by atoms with Gasteiger partial charge in [0, 0.05) is 17.2 Å². The molecule has 6 heteroatoms. The van der Waals surface area contributed by atoms with E-state index in [1.54, 1.807) is 25.3 Å². The van der Waals surface area contributed by atoms with Crippen molar-refractivity contribution in [1.29, 1.82) is 0 Å². The van der Waals surface area contributed by atoms with E-state index < -0.39 is 4.92 Å². The number of aromatic amines is 1. The van der Waals surface area contributed by atoms with Crippen LogP contribution in [0.2, 0.25) is 0 Å². The Bertz CT molecular complexity index is 563. The number of aliphatic hydroxyl groups is 1. The van der Waals surface area contributed by atoms with Crippen LogP contribution in [0, 0.1) is 17.0 Å². The van der Waals surface area contributed by atoms with Gasteiger partial charge in [-0.3, -0.25) is 10.1 Å². The molecule has 0 amide bonds. The smallest absolute Gasteiger partial charge is 0.272 e. The lowest BCUT2D eigenvalue weighted by Crippen LogP contribution is -1.92. The molecule has 88 valence electrons. The molecule has 2 N–H and O–H groups in total. The Morgan fingerprint density at radius 2 is 2.29 bits per heavy atom. The molecule has 1 aromatic carbocycles. The second-order valence-corrected chi connectivity index (χ2v) is 3.66. The molecule has 0 aliphatic carbocycles. The van der Waals surface area contributed by atoms with Gasteiger partial charge < -0.3 is 10.1 Å². The average Bonchev–Trinajstić information content (AvgIpc) is 2.78. The van der Waals surface area contributed by atoms with Crippen molar-refractivity contribution < 1.29 is 10.0 Å². The maximum absolute atomic E-state index is 10.8. The fraction of sp³-hybridized carbons (Fsp3) is 0.182. The lowest BCUT2D eigenvalue weighted by atomic mass is 10.1. The third-order valence-electron chi connectivity index (χ3n) is 2.50. The van der Waals surface area contributed by atoms with Gasteiger partial charge in [0.2, 0.25) is 0 Å². The van der Waals surface area contributed by atoms with Gasteiger partial charge in [-0.2, -0.15) is 0 Å². The van der Waals surface area contributed by atoms with E-state index in [0.29, 0.717) is 22.6 Å². The number of aromatic nitrogens is 2. The molecule has 0 atom stereocenters. The molecule has 0 unspecified atom stereocenters. The van der Waals surface area contributed by atoms with Crippen LogP contribution in [0.5, 0.6) is 0 Å². The second-order valence-electron chi connectivity index (χ2n) is 3.66. The molecule has 2 aromatic rings. The zero-order valence-corrected chi connectivity index (χ0v) is 9.17. The highest BCUT2D eigenvalue weighted by atomic mass is 16.6. The molecule has 2 rings (SSSR count). The van der Waals surface area contributed by atoms with Crippen LogP contribution in [0.3, 0.4) is 0 Å². The van der Waals surface area contributed by atoms with Gasteiger partial charge in [0.25, 0.3) is 5.69 Å². The van der Waals surface area contributed by atoms with Gasteiger partial charge in [-0.25, -0.2) is 4.98 Å². The molecule has 1 aromatic heterocycles. The minimum absolute atomic E-state index is 0.0719. The van der Waals surface area contributed by atoms with Crippen LogP contribution in [-0.4, -0.2) is 20.0 Å². The molecule has 0 fully saturated rings. The molecule has 0 aliphatic rings. The SMILES string of the molecule is Cc1ccc(-c2cnc(CO)[nH]2)cc1[N+](=O)[O-]. The van der Waals surface area contributed by atoms with Crippen molar-refractivity contribution in [3.05, 3.63) is 45.9 Å². The number of imidazole rings is 1. The fourth-order valence-corrected chi connectivity index (χ4v) is 1.56. The van der Waals surface area contributed by atoms with Crippen LogP contribution in [0.15, 0.2) is 24.4 Å². The van der Waals surface area contributed by atoms with Crippen molar-refractivity contribution in [1.82, 2.24) is 9.97 Å². The number of hydrogen-bond donors (Lipinski definition) is 2. The normalized spacial score (nSPS) is 10.5. The molecular formula is C11H11N3O3. The first kappa shape index (κ1) is 11.3. The Balaban J connectivity index is 2.46. The van der Waals surface area contributed by atoms with Crippen LogP contribution in [0.4, 0.5) is 5.69 Å². The van der Waals surface area contributed by atoms with E-state index in [1.165, 1.54) is 6.07 Å². The number of nitro groups is 1. The first-order chi connectivity index (χ1) is 8.11. The summed E-state index contributed by atoms with van der Waals surface area (Å²) in [7, 11) is 0. The van der Waals surface area contributed by atoms with Crippen molar-refractivity contribution in [3.8, 4) is 11.3 Å². The third-order valence-corrected chi connectivity index (χ3v) is 2.50. The van der Waals surface area contributed by atoms with E-state index in [0.717, 1.165) is 0 Å². The first-order valence-electron chi connectivity index (χ1n) is 5.02. The molecule has 0 radical (unpaired) electrons. The Labute approximate surface area is 97.1 Å². The Kier molecular flexibility index (Phi) is 2.88. The first-order valence-corrected chi connectivity index (χ1v) is 5.02. The summed E-state index contributed by atoms with van der Waals surface area (Å²) in [6.07, 6.45) is 1.54. The van der Waals surface area contributed by atoms with Gasteiger partial charge in [-0.15, -0.1) is 0 Å². The topological polar surface area (TPSA) is 92.1 Å². The van der Waals surface area contributed by atoms with E-state index in [1.807, 2.05) is 0 Å². The van der Waals surface area contributed by atoms with Gasteiger partial charge >= 0.3 is 0 Å². The van der Waals surface area contributed by atoms with Gasteiger partial charge in [-0.05, 0) is 6.92 Å². The quantitative estimate of drug-likeness (QED) is 0.624. The molecular weight excluding hydrogens is 222 g/mol. The van der Waals surface area contributed by atoms with Crippen molar-refractivity contribution in [2.75, 3.05) is 0 Å². The van der Waals surface area contributed by atoms with Crippen LogP contribution in [-0.2, 0) is 6.61 Å². The van der Waals surface area contributed by atoms with Gasteiger partial charge in [-0.1, -0.05) is 12.1 Å². The summed E-state index contributed by atoms with van der Waals surface area (Å²) < 4.78 is 0. The number of hydrogen-bond acceptors (Lipinski definition) is 4. The minimum Gasteiger partial charge on any atom is -0.388 e. The van der Waals surface area contributed by atoms with E-state index in [4.69, 9.17) is 5.11 Å². The zero-order chi connectivity index (χ0) is 12.4. The van der Waals surface area contributed by atoms with E-state index in [9.17, 15) is 10.1 Å². The summed E-state index contributed by atoms with van der Waals surface area (Å²) in [6.45, 7) is 1.50. The molecule has 0 saturated carbocycles. The summed E-state index contributed by atoms with van der Waals surface area (Å²) in [6, 6.07) is 4.95. The number of rotatable bonds is 3. The summed E-state index contributed by atoms with van der Waals surface area (Å²) in [5.74, 6) is 0.434. The number of aryl methyl sites for hydroxylation is 1. The van der Waals surface area contributed by atoms with Crippen LogP contribution in [0.1, 0.15) is 11.4 Å². The number of nitrogens with zero attached hydrogens (tertiary/aromatic N) is 2. The average molecular weight is 233 g/mol. The molecule has 6 nitrogen and oxygen atoms in total. The van der Waals surface area contributed by atoms with Crippen molar-refractivity contribution >= 4 is 5.69 Å². The Morgan fingerprint density at radius 3 is 2.88 bits per heavy atom. The van der Waals surface area contributed by atoms with E-state index in [2.05, 4.69) is 9.97 Å². The van der Waals surface area contributed by atoms with Gasteiger partial charge in [0.05, 0.1) is 16.8 Å². The number of aliphatic hydroxyl groups excluding tert-OH is 1. The fourth-order valence-electron chi connectivity index (χ4n) is 1.56. The van der Waals surface area contributed by atoms with Crippen LogP contribution >= 0.6 is 0 Å². The molecule has 0 aliphatic heterocycles. The largest absolute Gasteiger partial charge is 0.388 e. The highest BCUT2D eigenvalue weighted by Gasteiger charge is 2.12. The van der Waals surface area contributed by atoms with Gasteiger partial charge in [0.1, 0.15) is 12.4 Å². The maximum Gasteiger partial charge on any atom is 0.272 e.